The molecule has 0 spiro atoms. The summed E-state index contributed by atoms with van der Waals surface area (Å²) < 4.78 is 5.27. The zero-order valence-electron chi connectivity index (χ0n) is 12.6. The fourth-order valence-electron chi connectivity index (χ4n) is 2.18. The average Bonchev–Trinajstić information content (AvgIpc) is 2.45. The molecule has 1 aromatic heterocycles. The summed E-state index contributed by atoms with van der Waals surface area (Å²) in [6.07, 6.45) is 1.71. The van der Waals surface area contributed by atoms with Gasteiger partial charge in [-0.15, -0.1) is 0 Å². The normalized spacial score (nSPS) is 13.1. The van der Waals surface area contributed by atoms with Crippen molar-refractivity contribution in [2.24, 2.45) is 5.73 Å². The number of hydrogen-bond acceptors (Lipinski definition) is 3. The van der Waals surface area contributed by atoms with Crippen LogP contribution < -0.4 is 10.5 Å². The maximum absolute atomic E-state index is 6.33. The number of aromatic nitrogens is 1. The Morgan fingerprint density at radius 2 is 1.75 bits per heavy atom. The summed E-state index contributed by atoms with van der Waals surface area (Å²) in [5.74, 6) is 0.583. The molecule has 0 amide bonds. The van der Waals surface area contributed by atoms with Crippen LogP contribution in [0.5, 0.6) is 5.88 Å². The number of methoxy groups -OCH3 is 1. The maximum Gasteiger partial charge on any atom is 0.218 e. The molecular formula is C17H22N2O. The Balaban J connectivity index is 2.32. The number of rotatable bonds is 3. The van der Waals surface area contributed by atoms with Gasteiger partial charge in [-0.1, -0.05) is 51.1 Å². The Bertz CT molecular complexity index is 570. The van der Waals surface area contributed by atoms with Crippen LogP contribution in [0.3, 0.4) is 0 Å². The second-order valence-corrected chi connectivity index (χ2v) is 5.95. The van der Waals surface area contributed by atoms with Crippen LogP contribution in [0, 0.1) is 0 Å². The van der Waals surface area contributed by atoms with E-state index in [0.717, 1.165) is 11.1 Å². The lowest BCUT2D eigenvalue weighted by Gasteiger charge is -2.20. The van der Waals surface area contributed by atoms with Crippen molar-refractivity contribution < 1.29 is 4.74 Å². The predicted molar refractivity (Wildman–Crippen MR) is 82.0 cm³/mol. The topological polar surface area (TPSA) is 48.1 Å². The van der Waals surface area contributed by atoms with Gasteiger partial charge in [-0.3, -0.25) is 0 Å². The molecule has 0 saturated heterocycles. The summed E-state index contributed by atoms with van der Waals surface area (Å²) in [5, 5.41) is 0. The highest BCUT2D eigenvalue weighted by Crippen LogP contribution is 2.28. The van der Waals surface area contributed by atoms with E-state index in [1.165, 1.54) is 5.56 Å². The zero-order chi connectivity index (χ0) is 14.8. The van der Waals surface area contributed by atoms with Crippen LogP contribution in [0.4, 0.5) is 0 Å². The largest absolute Gasteiger partial charge is 0.481 e. The Hall–Kier alpha value is -1.87. The van der Waals surface area contributed by atoms with Crippen LogP contribution in [0.2, 0.25) is 0 Å². The van der Waals surface area contributed by atoms with Gasteiger partial charge in [-0.25, -0.2) is 4.98 Å². The van der Waals surface area contributed by atoms with Gasteiger partial charge < -0.3 is 10.5 Å². The third kappa shape index (κ3) is 2.99. The Morgan fingerprint density at radius 3 is 2.30 bits per heavy atom. The van der Waals surface area contributed by atoms with Crippen molar-refractivity contribution in [3.05, 3.63) is 59.3 Å². The van der Waals surface area contributed by atoms with E-state index in [1.54, 1.807) is 13.3 Å². The molecule has 2 aromatic rings. The van der Waals surface area contributed by atoms with E-state index in [9.17, 15) is 0 Å². The number of hydrogen-bond donors (Lipinski definition) is 1. The van der Waals surface area contributed by atoms with Crippen molar-refractivity contribution in [3.8, 4) is 5.88 Å². The second kappa shape index (κ2) is 5.63. The van der Waals surface area contributed by atoms with Crippen molar-refractivity contribution >= 4 is 0 Å². The van der Waals surface area contributed by atoms with Crippen LogP contribution in [-0.4, -0.2) is 12.1 Å². The molecule has 0 radical (unpaired) electrons. The van der Waals surface area contributed by atoms with E-state index in [-0.39, 0.29) is 11.5 Å². The van der Waals surface area contributed by atoms with Gasteiger partial charge in [-0.05, 0) is 22.6 Å². The van der Waals surface area contributed by atoms with Gasteiger partial charge in [0.15, 0.2) is 0 Å². The number of pyridine rings is 1. The molecule has 1 unspecified atom stereocenters. The number of nitrogens with two attached hydrogens (primary N) is 1. The lowest BCUT2D eigenvalue weighted by Crippen LogP contribution is -2.15. The molecule has 0 saturated carbocycles. The molecule has 2 rings (SSSR count). The molecule has 0 aliphatic rings. The first-order valence-corrected chi connectivity index (χ1v) is 6.78. The molecule has 1 aromatic carbocycles. The standard InChI is InChI=1S/C17H22N2O/c1-17(2,3)13-9-7-12(8-10-13)15(18)14-6-5-11-19-16(14)20-4/h5-11,15H,18H2,1-4H3. The van der Waals surface area contributed by atoms with Gasteiger partial charge in [0.1, 0.15) is 0 Å². The van der Waals surface area contributed by atoms with Crippen molar-refractivity contribution in [3.63, 3.8) is 0 Å². The van der Waals surface area contributed by atoms with E-state index < -0.39 is 0 Å². The Morgan fingerprint density at radius 1 is 1.10 bits per heavy atom. The summed E-state index contributed by atoms with van der Waals surface area (Å²) in [4.78, 5) is 4.20. The third-order valence-corrected chi connectivity index (χ3v) is 3.46. The van der Waals surface area contributed by atoms with E-state index in [0.29, 0.717) is 5.88 Å². The maximum atomic E-state index is 6.33. The first-order chi connectivity index (χ1) is 9.43. The monoisotopic (exact) mass is 270 g/mol. The smallest absolute Gasteiger partial charge is 0.218 e. The second-order valence-electron chi connectivity index (χ2n) is 5.95. The minimum absolute atomic E-state index is 0.147. The molecule has 20 heavy (non-hydrogen) atoms. The lowest BCUT2D eigenvalue weighted by atomic mass is 9.86. The minimum Gasteiger partial charge on any atom is -0.481 e. The van der Waals surface area contributed by atoms with Gasteiger partial charge in [0, 0.05) is 11.8 Å². The Kier molecular flexibility index (Phi) is 4.09. The van der Waals surface area contributed by atoms with Crippen LogP contribution >= 0.6 is 0 Å². The van der Waals surface area contributed by atoms with Gasteiger partial charge >= 0.3 is 0 Å². The number of ether oxygens (including phenoxy) is 1. The van der Waals surface area contributed by atoms with Crippen LogP contribution in [-0.2, 0) is 5.41 Å². The minimum atomic E-state index is -0.229. The molecule has 106 valence electrons. The van der Waals surface area contributed by atoms with E-state index >= 15 is 0 Å². The molecule has 0 fully saturated rings. The van der Waals surface area contributed by atoms with Crippen molar-refractivity contribution in [2.75, 3.05) is 7.11 Å². The molecule has 0 bridgehead atoms. The fourth-order valence-corrected chi connectivity index (χ4v) is 2.18. The Labute approximate surface area is 120 Å². The highest BCUT2D eigenvalue weighted by molar-refractivity contribution is 5.38. The molecule has 1 heterocycles. The highest BCUT2D eigenvalue weighted by Gasteiger charge is 2.17. The number of nitrogens with zero attached hydrogens (tertiary/aromatic N) is 1. The van der Waals surface area contributed by atoms with E-state index in [1.807, 2.05) is 12.1 Å². The van der Waals surface area contributed by atoms with Crippen LogP contribution in [0.1, 0.15) is 43.5 Å². The first kappa shape index (κ1) is 14.5. The highest BCUT2D eigenvalue weighted by atomic mass is 16.5. The molecular weight excluding hydrogens is 248 g/mol. The predicted octanol–water partition coefficient (Wildman–Crippen LogP) is 3.44. The van der Waals surface area contributed by atoms with Crippen molar-refractivity contribution in [1.29, 1.82) is 0 Å². The van der Waals surface area contributed by atoms with Crippen molar-refractivity contribution in [1.82, 2.24) is 4.98 Å². The average molecular weight is 270 g/mol. The van der Waals surface area contributed by atoms with Gasteiger partial charge in [0.05, 0.1) is 13.2 Å². The summed E-state index contributed by atoms with van der Waals surface area (Å²) in [6, 6.07) is 12.0. The zero-order valence-corrected chi connectivity index (χ0v) is 12.6. The molecule has 3 nitrogen and oxygen atoms in total. The van der Waals surface area contributed by atoms with Gasteiger partial charge in [-0.2, -0.15) is 0 Å². The van der Waals surface area contributed by atoms with Crippen LogP contribution in [0.25, 0.3) is 0 Å². The van der Waals surface area contributed by atoms with Crippen LogP contribution in [0.15, 0.2) is 42.6 Å². The third-order valence-electron chi connectivity index (χ3n) is 3.46. The quantitative estimate of drug-likeness (QED) is 0.929. The van der Waals surface area contributed by atoms with Gasteiger partial charge in [0.2, 0.25) is 5.88 Å². The summed E-state index contributed by atoms with van der Waals surface area (Å²) in [7, 11) is 1.61. The van der Waals surface area contributed by atoms with Gasteiger partial charge in [0.25, 0.3) is 0 Å². The summed E-state index contributed by atoms with van der Waals surface area (Å²) in [5.41, 5.74) is 9.74. The first-order valence-electron chi connectivity index (χ1n) is 6.78. The molecule has 0 aliphatic carbocycles. The molecule has 3 heteroatoms. The lowest BCUT2D eigenvalue weighted by molar-refractivity contribution is 0.390. The summed E-state index contributed by atoms with van der Waals surface area (Å²) in [6.45, 7) is 6.60. The molecule has 1 atom stereocenters. The SMILES string of the molecule is COc1ncccc1C(N)c1ccc(C(C)(C)C)cc1. The molecule has 0 aliphatic heterocycles. The van der Waals surface area contributed by atoms with Crippen molar-refractivity contribution in [2.45, 2.75) is 32.2 Å². The fraction of sp³-hybridized carbons (Fsp3) is 0.353. The van der Waals surface area contributed by atoms with E-state index in [2.05, 4.69) is 50.0 Å². The summed E-state index contributed by atoms with van der Waals surface area (Å²) >= 11 is 0. The molecule has 2 N–H and O–H groups in total. The van der Waals surface area contributed by atoms with E-state index in [4.69, 9.17) is 10.5 Å². The number of benzene rings is 1.